The van der Waals surface area contributed by atoms with E-state index in [-0.39, 0.29) is 5.91 Å². The highest BCUT2D eigenvalue weighted by molar-refractivity contribution is 6.04. The van der Waals surface area contributed by atoms with Crippen LogP contribution in [0.1, 0.15) is 27.2 Å². The third-order valence-electron chi connectivity index (χ3n) is 2.94. The zero-order chi connectivity index (χ0) is 15.4. The number of aromatic nitrogens is 1. The van der Waals surface area contributed by atoms with Crippen molar-refractivity contribution in [1.82, 2.24) is 5.16 Å². The van der Waals surface area contributed by atoms with E-state index in [1.165, 1.54) is 12.3 Å². The fraction of sp³-hybridized carbons (Fsp3) is 0.133. The molecule has 0 aliphatic rings. The number of rotatable bonds is 4. The Morgan fingerprint density at radius 2 is 2.10 bits per heavy atom. The Kier molecular flexibility index (Phi) is 4.18. The Bertz CT molecular complexity index is 716. The first-order valence-corrected chi connectivity index (χ1v) is 6.21. The van der Waals surface area contributed by atoms with Crippen LogP contribution in [0.3, 0.4) is 0 Å². The van der Waals surface area contributed by atoms with Crippen LogP contribution in [0.2, 0.25) is 0 Å². The summed E-state index contributed by atoms with van der Waals surface area (Å²) in [6, 6.07) is 5.25. The maximum atomic E-state index is 12.0. The van der Waals surface area contributed by atoms with Crippen LogP contribution in [0, 0.1) is 13.8 Å². The minimum atomic E-state index is -1.02. The fourth-order valence-electron chi connectivity index (χ4n) is 1.77. The van der Waals surface area contributed by atoms with Gasteiger partial charge in [-0.15, -0.1) is 0 Å². The van der Waals surface area contributed by atoms with E-state index >= 15 is 0 Å². The molecule has 108 valence electrons. The standard InChI is InChI=1S/C15H14N2O4/c1-9-3-5-12(7-11(9)4-6-14(18)19)17-15(20)13-8-16-21-10(13)2/h3-8H,1-2H3,(H,17,20)(H,18,19). The van der Waals surface area contributed by atoms with E-state index in [1.807, 2.05) is 6.92 Å². The Hall–Kier alpha value is -2.89. The van der Waals surface area contributed by atoms with E-state index in [2.05, 4.69) is 10.5 Å². The second-order valence-electron chi connectivity index (χ2n) is 4.49. The van der Waals surface area contributed by atoms with Crippen molar-refractivity contribution >= 4 is 23.6 Å². The number of carbonyl (C=O) groups is 2. The van der Waals surface area contributed by atoms with Crippen LogP contribution in [-0.4, -0.2) is 22.1 Å². The molecule has 0 aliphatic carbocycles. The van der Waals surface area contributed by atoms with Crippen LogP contribution < -0.4 is 5.32 Å². The van der Waals surface area contributed by atoms with Crippen molar-refractivity contribution in [3.63, 3.8) is 0 Å². The number of aryl methyl sites for hydroxylation is 2. The van der Waals surface area contributed by atoms with Crippen LogP contribution in [-0.2, 0) is 4.79 Å². The molecule has 0 atom stereocenters. The van der Waals surface area contributed by atoms with Crippen molar-refractivity contribution < 1.29 is 19.2 Å². The first-order valence-electron chi connectivity index (χ1n) is 6.21. The second kappa shape index (κ2) is 6.04. The van der Waals surface area contributed by atoms with Crippen LogP contribution in [0.25, 0.3) is 6.08 Å². The highest BCUT2D eigenvalue weighted by Crippen LogP contribution is 2.18. The molecular formula is C15H14N2O4. The average Bonchev–Trinajstić information content (AvgIpc) is 2.85. The van der Waals surface area contributed by atoms with Crippen LogP contribution in [0.15, 0.2) is 35.0 Å². The van der Waals surface area contributed by atoms with Gasteiger partial charge in [-0.1, -0.05) is 11.2 Å². The number of benzene rings is 1. The summed E-state index contributed by atoms with van der Waals surface area (Å²) in [5.41, 5.74) is 2.55. The lowest BCUT2D eigenvalue weighted by atomic mass is 10.1. The predicted molar refractivity (Wildman–Crippen MR) is 77.0 cm³/mol. The summed E-state index contributed by atoms with van der Waals surface area (Å²) in [6.07, 6.45) is 3.89. The van der Waals surface area contributed by atoms with E-state index in [1.54, 1.807) is 25.1 Å². The molecule has 2 rings (SSSR count). The molecule has 1 aromatic carbocycles. The van der Waals surface area contributed by atoms with Gasteiger partial charge in [-0.05, 0) is 43.2 Å². The van der Waals surface area contributed by atoms with Gasteiger partial charge in [0.25, 0.3) is 5.91 Å². The zero-order valence-electron chi connectivity index (χ0n) is 11.6. The number of hydrogen-bond donors (Lipinski definition) is 2. The molecule has 6 nitrogen and oxygen atoms in total. The largest absolute Gasteiger partial charge is 0.478 e. The van der Waals surface area contributed by atoms with Crippen LogP contribution >= 0.6 is 0 Å². The second-order valence-corrected chi connectivity index (χ2v) is 4.49. The van der Waals surface area contributed by atoms with Crippen LogP contribution in [0.4, 0.5) is 5.69 Å². The van der Waals surface area contributed by atoms with Crippen molar-refractivity contribution in [2.24, 2.45) is 0 Å². The Balaban J connectivity index is 2.21. The number of anilines is 1. The third kappa shape index (κ3) is 3.56. The fourth-order valence-corrected chi connectivity index (χ4v) is 1.77. The van der Waals surface area contributed by atoms with Gasteiger partial charge < -0.3 is 14.9 Å². The Labute approximate surface area is 121 Å². The molecule has 1 aromatic heterocycles. The molecule has 2 aromatic rings. The summed E-state index contributed by atoms with van der Waals surface area (Å²) in [4.78, 5) is 22.6. The molecule has 0 spiro atoms. The lowest BCUT2D eigenvalue weighted by molar-refractivity contribution is -0.131. The van der Waals surface area contributed by atoms with Gasteiger partial charge in [0.15, 0.2) is 0 Å². The molecule has 0 saturated heterocycles. The van der Waals surface area contributed by atoms with Gasteiger partial charge in [-0.25, -0.2) is 4.79 Å². The minimum absolute atomic E-state index is 0.328. The minimum Gasteiger partial charge on any atom is -0.478 e. The van der Waals surface area contributed by atoms with Crippen molar-refractivity contribution in [1.29, 1.82) is 0 Å². The normalized spacial score (nSPS) is 10.8. The topological polar surface area (TPSA) is 92.4 Å². The quantitative estimate of drug-likeness (QED) is 0.843. The third-order valence-corrected chi connectivity index (χ3v) is 2.94. The molecule has 0 aliphatic heterocycles. The number of hydrogen-bond acceptors (Lipinski definition) is 4. The van der Waals surface area contributed by atoms with E-state index in [4.69, 9.17) is 9.63 Å². The highest BCUT2D eigenvalue weighted by atomic mass is 16.5. The number of carbonyl (C=O) groups excluding carboxylic acids is 1. The van der Waals surface area contributed by atoms with Gasteiger partial charge in [-0.2, -0.15) is 0 Å². The van der Waals surface area contributed by atoms with Gasteiger partial charge in [0.05, 0.1) is 6.20 Å². The van der Waals surface area contributed by atoms with E-state index in [9.17, 15) is 9.59 Å². The van der Waals surface area contributed by atoms with Gasteiger partial charge >= 0.3 is 5.97 Å². The molecular weight excluding hydrogens is 272 g/mol. The number of aliphatic carboxylic acids is 1. The SMILES string of the molecule is Cc1ccc(NC(=O)c2cnoc2C)cc1C=CC(=O)O. The molecule has 21 heavy (non-hydrogen) atoms. The summed E-state index contributed by atoms with van der Waals surface area (Å²) >= 11 is 0. The lowest BCUT2D eigenvalue weighted by Crippen LogP contribution is -2.12. The lowest BCUT2D eigenvalue weighted by Gasteiger charge is -2.07. The van der Waals surface area contributed by atoms with Crippen molar-refractivity contribution in [2.75, 3.05) is 5.32 Å². The van der Waals surface area contributed by atoms with E-state index in [0.717, 1.165) is 17.2 Å². The molecule has 1 amide bonds. The molecule has 0 bridgehead atoms. The predicted octanol–water partition coefficient (Wildman–Crippen LogP) is 2.64. The van der Waals surface area contributed by atoms with E-state index in [0.29, 0.717) is 17.0 Å². The highest BCUT2D eigenvalue weighted by Gasteiger charge is 2.13. The summed E-state index contributed by atoms with van der Waals surface area (Å²) < 4.78 is 4.84. The van der Waals surface area contributed by atoms with Gasteiger partial charge in [0.2, 0.25) is 0 Å². The van der Waals surface area contributed by atoms with Crippen LogP contribution in [0.5, 0.6) is 0 Å². The molecule has 1 heterocycles. The van der Waals surface area contributed by atoms with Gasteiger partial charge in [0, 0.05) is 11.8 Å². The molecule has 0 radical (unpaired) electrons. The number of amides is 1. The monoisotopic (exact) mass is 286 g/mol. The molecule has 0 saturated carbocycles. The smallest absolute Gasteiger partial charge is 0.328 e. The Morgan fingerprint density at radius 3 is 2.71 bits per heavy atom. The Morgan fingerprint density at radius 1 is 1.33 bits per heavy atom. The summed E-state index contributed by atoms with van der Waals surface area (Å²) in [5.74, 6) is -0.916. The van der Waals surface area contributed by atoms with Crippen molar-refractivity contribution in [2.45, 2.75) is 13.8 Å². The van der Waals surface area contributed by atoms with Gasteiger partial charge in [0.1, 0.15) is 11.3 Å². The van der Waals surface area contributed by atoms with Crippen molar-refractivity contribution in [3.8, 4) is 0 Å². The maximum absolute atomic E-state index is 12.0. The first kappa shape index (κ1) is 14.5. The first-order chi connectivity index (χ1) is 9.97. The summed E-state index contributed by atoms with van der Waals surface area (Å²) in [5, 5.41) is 14.9. The number of carboxylic acids is 1. The summed E-state index contributed by atoms with van der Waals surface area (Å²) in [6.45, 7) is 3.51. The van der Waals surface area contributed by atoms with Gasteiger partial charge in [-0.3, -0.25) is 4.79 Å². The molecule has 6 heteroatoms. The molecule has 2 N–H and O–H groups in total. The number of carboxylic acid groups (broad SMARTS) is 1. The molecule has 0 unspecified atom stereocenters. The molecule has 0 fully saturated rings. The maximum Gasteiger partial charge on any atom is 0.328 e. The summed E-state index contributed by atoms with van der Waals surface area (Å²) in [7, 11) is 0. The number of nitrogens with one attached hydrogen (secondary N) is 1. The zero-order valence-corrected chi connectivity index (χ0v) is 11.6. The average molecular weight is 286 g/mol. The van der Waals surface area contributed by atoms with E-state index < -0.39 is 5.97 Å². The number of nitrogens with zero attached hydrogens (tertiary/aromatic N) is 1. The van der Waals surface area contributed by atoms with Crippen molar-refractivity contribution in [3.05, 3.63) is 52.9 Å².